The van der Waals surface area contributed by atoms with Crippen molar-refractivity contribution in [2.45, 2.75) is 19.6 Å². The lowest BCUT2D eigenvalue weighted by molar-refractivity contribution is 0.414. The number of anilines is 3. The number of nitrogens with zero attached hydrogens (tertiary/aromatic N) is 3. The normalized spacial score (nSPS) is 10.5. The highest BCUT2D eigenvalue weighted by molar-refractivity contribution is 5.75. The van der Waals surface area contributed by atoms with Crippen LogP contribution in [-0.2, 0) is 19.6 Å². The lowest BCUT2D eigenvalue weighted by Crippen LogP contribution is -2.25. The topological polar surface area (TPSA) is 76.3 Å². The maximum absolute atomic E-state index is 6.55. The summed E-state index contributed by atoms with van der Waals surface area (Å²) in [6.07, 6.45) is 1.56. The van der Waals surface area contributed by atoms with Gasteiger partial charge in [0.1, 0.15) is 17.8 Å². The largest absolute Gasteiger partial charge is 0.497 e. The number of nitrogen functional groups attached to an aromatic ring is 1. The van der Waals surface area contributed by atoms with Gasteiger partial charge in [-0.25, -0.2) is 9.97 Å². The molecule has 0 aliphatic heterocycles. The van der Waals surface area contributed by atoms with Gasteiger partial charge in [0, 0.05) is 19.6 Å². The van der Waals surface area contributed by atoms with Crippen molar-refractivity contribution in [3.05, 3.63) is 108 Å². The van der Waals surface area contributed by atoms with Crippen LogP contribution in [0.5, 0.6) is 5.75 Å². The molecule has 0 aliphatic rings. The van der Waals surface area contributed by atoms with E-state index in [1.54, 1.807) is 13.4 Å². The molecule has 6 nitrogen and oxygen atoms in total. The van der Waals surface area contributed by atoms with Gasteiger partial charge in [-0.05, 0) is 28.8 Å². The number of ether oxygens (including phenoxy) is 1. The van der Waals surface area contributed by atoms with Gasteiger partial charge in [0.25, 0.3) is 0 Å². The van der Waals surface area contributed by atoms with Gasteiger partial charge in [0.2, 0.25) is 0 Å². The third-order valence-electron chi connectivity index (χ3n) is 5.21. The number of nitrogens with one attached hydrogen (secondary N) is 1. The smallest absolute Gasteiger partial charge is 0.158 e. The van der Waals surface area contributed by atoms with Gasteiger partial charge in [0.05, 0.1) is 7.11 Å². The van der Waals surface area contributed by atoms with Crippen molar-refractivity contribution in [2.75, 3.05) is 23.1 Å². The Bertz CT molecular complexity index is 1080. The van der Waals surface area contributed by atoms with Crippen LogP contribution in [0.15, 0.2) is 91.3 Å². The summed E-state index contributed by atoms with van der Waals surface area (Å²) in [5, 5.41) is 3.35. The zero-order valence-electron chi connectivity index (χ0n) is 18.1. The van der Waals surface area contributed by atoms with Crippen LogP contribution in [0.4, 0.5) is 17.3 Å². The Morgan fingerprint density at radius 1 is 0.781 bits per heavy atom. The van der Waals surface area contributed by atoms with E-state index in [1.807, 2.05) is 60.7 Å². The van der Waals surface area contributed by atoms with Crippen LogP contribution < -0.4 is 20.7 Å². The van der Waals surface area contributed by atoms with Crippen LogP contribution in [0.2, 0.25) is 0 Å². The van der Waals surface area contributed by atoms with E-state index < -0.39 is 0 Å². The van der Waals surface area contributed by atoms with Crippen LogP contribution in [-0.4, -0.2) is 17.1 Å². The van der Waals surface area contributed by atoms with Crippen LogP contribution in [0.3, 0.4) is 0 Å². The van der Waals surface area contributed by atoms with E-state index >= 15 is 0 Å². The number of rotatable bonds is 9. The Labute approximate surface area is 188 Å². The maximum atomic E-state index is 6.55. The lowest BCUT2D eigenvalue weighted by Gasteiger charge is -2.26. The molecule has 162 valence electrons. The molecule has 0 unspecified atom stereocenters. The van der Waals surface area contributed by atoms with E-state index in [1.165, 1.54) is 11.1 Å². The molecule has 32 heavy (non-hydrogen) atoms. The summed E-state index contributed by atoms with van der Waals surface area (Å²) in [6.45, 7) is 1.98. The van der Waals surface area contributed by atoms with Crippen LogP contribution >= 0.6 is 0 Å². The van der Waals surface area contributed by atoms with Crippen molar-refractivity contribution in [2.24, 2.45) is 0 Å². The predicted molar refractivity (Wildman–Crippen MR) is 130 cm³/mol. The fraction of sp³-hybridized carbons (Fsp3) is 0.154. The Morgan fingerprint density at radius 2 is 1.38 bits per heavy atom. The molecule has 1 aromatic heterocycles. The SMILES string of the molecule is COc1ccc(CNc2ncnc(N(Cc3ccccc3)Cc3ccccc3)c2N)cc1. The number of methoxy groups -OCH3 is 1. The molecule has 0 bridgehead atoms. The highest BCUT2D eigenvalue weighted by Crippen LogP contribution is 2.29. The Hall–Kier alpha value is -4.06. The first-order chi connectivity index (χ1) is 15.7. The molecule has 4 rings (SSSR count). The summed E-state index contributed by atoms with van der Waals surface area (Å²) in [5.41, 5.74) is 10.6. The summed E-state index contributed by atoms with van der Waals surface area (Å²) >= 11 is 0. The van der Waals surface area contributed by atoms with Gasteiger partial charge >= 0.3 is 0 Å². The van der Waals surface area contributed by atoms with Crippen LogP contribution in [0.25, 0.3) is 0 Å². The molecule has 0 aliphatic carbocycles. The number of benzene rings is 3. The quantitative estimate of drug-likeness (QED) is 0.398. The van der Waals surface area contributed by atoms with Crippen molar-refractivity contribution in [3.8, 4) is 5.75 Å². The van der Waals surface area contributed by atoms with Crippen molar-refractivity contribution in [3.63, 3.8) is 0 Å². The van der Waals surface area contributed by atoms with Crippen LogP contribution in [0, 0.1) is 0 Å². The molecule has 1 heterocycles. The first-order valence-electron chi connectivity index (χ1n) is 10.5. The van der Waals surface area contributed by atoms with Crippen molar-refractivity contribution < 1.29 is 4.74 Å². The predicted octanol–water partition coefficient (Wildman–Crippen LogP) is 4.89. The molecule has 3 aromatic carbocycles. The standard InChI is InChI=1S/C26H27N5O/c1-32-23-14-12-20(13-15-23)16-28-25-24(27)26(30-19-29-25)31(17-21-8-4-2-5-9-21)18-22-10-6-3-7-11-22/h2-15,19H,16-18,27H2,1H3,(H,28,29,30). The lowest BCUT2D eigenvalue weighted by atomic mass is 10.1. The third kappa shape index (κ3) is 5.35. The van der Waals surface area contributed by atoms with Gasteiger partial charge in [-0.2, -0.15) is 0 Å². The summed E-state index contributed by atoms with van der Waals surface area (Å²) in [7, 11) is 1.66. The maximum Gasteiger partial charge on any atom is 0.158 e. The summed E-state index contributed by atoms with van der Waals surface area (Å²) < 4.78 is 5.22. The highest BCUT2D eigenvalue weighted by Gasteiger charge is 2.16. The summed E-state index contributed by atoms with van der Waals surface area (Å²) in [4.78, 5) is 11.1. The van der Waals surface area contributed by atoms with Gasteiger partial charge in [-0.1, -0.05) is 72.8 Å². The molecule has 0 saturated carbocycles. The van der Waals surface area contributed by atoms with Gasteiger partial charge in [-0.3, -0.25) is 0 Å². The van der Waals surface area contributed by atoms with E-state index in [4.69, 9.17) is 10.5 Å². The van der Waals surface area contributed by atoms with E-state index in [0.29, 0.717) is 37.0 Å². The monoisotopic (exact) mass is 425 g/mol. The molecule has 0 spiro atoms. The van der Waals surface area contributed by atoms with E-state index in [-0.39, 0.29) is 0 Å². The highest BCUT2D eigenvalue weighted by atomic mass is 16.5. The molecule has 0 radical (unpaired) electrons. The van der Waals surface area contributed by atoms with Crippen molar-refractivity contribution in [1.29, 1.82) is 0 Å². The molecule has 4 aromatic rings. The Kier molecular flexibility index (Phi) is 6.82. The first kappa shape index (κ1) is 21.2. The molecule has 3 N–H and O–H groups in total. The van der Waals surface area contributed by atoms with Gasteiger partial charge in [-0.15, -0.1) is 0 Å². The summed E-state index contributed by atoms with van der Waals surface area (Å²) in [6, 6.07) is 28.6. The first-order valence-corrected chi connectivity index (χ1v) is 10.5. The molecule has 0 atom stereocenters. The minimum absolute atomic E-state index is 0.535. The van der Waals surface area contributed by atoms with E-state index in [9.17, 15) is 0 Å². The minimum Gasteiger partial charge on any atom is -0.497 e. The Morgan fingerprint density at radius 3 is 1.94 bits per heavy atom. The van der Waals surface area contributed by atoms with E-state index in [2.05, 4.69) is 44.5 Å². The van der Waals surface area contributed by atoms with Gasteiger partial charge < -0.3 is 20.7 Å². The third-order valence-corrected chi connectivity index (χ3v) is 5.21. The van der Waals surface area contributed by atoms with E-state index in [0.717, 1.165) is 11.3 Å². The number of hydrogen-bond acceptors (Lipinski definition) is 6. The second-order valence-corrected chi connectivity index (χ2v) is 7.49. The molecule has 0 amide bonds. The summed E-state index contributed by atoms with van der Waals surface area (Å²) in [5.74, 6) is 2.16. The number of aromatic nitrogens is 2. The second kappa shape index (κ2) is 10.3. The van der Waals surface area contributed by atoms with Crippen molar-refractivity contribution in [1.82, 2.24) is 9.97 Å². The second-order valence-electron chi connectivity index (χ2n) is 7.49. The number of hydrogen-bond donors (Lipinski definition) is 2. The Balaban J connectivity index is 1.57. The fourth-order valence-electron chi connectivity index (χ4n) is 3.52. The molecule has 0 saturated heterocycles. The molecular weight excluding hydrogens is 398 g/mol. The molecular formula is C26H27N5O. The fourth-order valence-corrected chi connectivity index (χ4v) is 3.52. The minimum atomic E-state index is 0.535. The zero-order chi connectivity index (χ0) is 22.2. The zero-order valence-corrected chi connectivity index (χ0v) is 18.1. The molecule has 6 heteroatoms. The average Bonchev–Trinajstić information content (AvgIpc) is 2.85. The van der Waals surface area contributed by atoms with Gasteiger partial charge in [0.15, 0.2) is 11.6 Å². The number of nitrogens with two attached hydrogens (primary N) is 1. The average molecular weight is 426 g/mol. The molecule has 0 fully saturated rings. The van der Waals surface area contributed by atoms with Crippen LogP contribution in [0.1, 0.15) is 16.7 Å². The van der Waals surface area contributed by atoms with Crippen molar-refractivity contribution >= 4 is 17.3 Å².